The van der Waals surface area contributed by atoms with E-state index in [0.717, 1.165) is 12.1 Å². The second kappa shape index (κ2) is 7.09. The van der Waals surface area contributed by atoms with E-state index in [1.54, 1.807) is 0 Å². The predicted molar refractivity (Wildman–Crippen MR) is 91.2 cm³/mol. The lowest BCUT2D eigenvalue weighted by molar-refractivity contribution is -0.138. The Morgan fingerprint density at radius 1 is 1.29 bits per heavy atom. The topological polar surface area (TPSA) is 75.9 Å². The zero-order valence-electron chi connectivity index (χ0n) is 14.4. The van der Waals surface area contributed by atoms with Crippen molar-refractivity contribution in [1.82, 2.24) is 30.4 Å². The Hall–Kier alpha value is -2.28. The minimum Gasteiger partial charge on any atom is -0.338 e. The molecule has 0 aliphatic carbocycles. The Balaban J connectivity index is 1.83. The first kappa shape index (κ1) is 16.6. The van der Waals surface area contributed by atoms with Crippen LogP contribution in [0.25, 0.3) is 11.4 Å². The lowest BCUT2D eigenvalue weighted by Crippen LogP contribution is -2.53. The number of nitrogens with zero attached hydrogens (tertiary/aromatic N) is 5. The molecule has 0 saturated carbocycles. The Labute approximate surface area is 142 Å². The molecule has 2 aromatic rings. The van der Waals surface area contributed by atoms with Gasteiger partial charge in [-0.05, 0) is 18.1 Å². The number of hydrogen-bond donors (Lipinski definition) is 1. The molecule has 0 radical (unpaired) electrons. The fraction of sp³-hybridized carbons (Fsp3) is 0.529. The second-order valence-electron chi connectivity index (χ2n) is 6.63. The Bertz CT molecular complexity index is 683. The van der Waals surface area contributed by atoms with Crippen LogP contribution in [0.15, 0.2) is 30.3 Å². The number of hydrogen-bond acceptors (Lipinski definition) is 5. The number of carbonyl (C=O) groups is 1. The molecule has 0 bridgehead atoms. The molecule has 1 aliphatic rings. The van der Waals surface area contributed by atoms with E-state index in [0.29, 0.717) is 25.0 Å². The molecular weight excluding hydrogens is 304 g/mol. The maximum atomic E-state index is 13.0. The zero-order valence-corrected chi connectivity index (χ0v) is 14.4. The third-order valence-corrected chi connectivity index (χ3v) is 4.27. The standard InChI is InChI=1S/C17H24N6O/c1-12(2)15(17(24)22-10-9-18-13(3)11-22)23-20-16(19-21-23)14-7-5-4-6-8-14/h4-8,12-13,15,18H,9-11H2,1-3H3. The molecule has 7 nitrogen and oxygen atoms in total. The van der Waals surface area contributed by atoms with E-state index in [-0.39, 0.29) is 11.8 Å². The summed E-state index contributed by atoms with van der Waals surface area (Å²) >= 11 is 0. The molecule has 24 heavy (non-hydrogen) atoms. The maximum absolute atomic E-state index is 13.0. The van der Waals surface area contributed by atoms with Crippen LogP contribution in [0.4, 0.5) is 0 Å². The lowest BCUT2D eigenvalue weighted by atomic mass is 10.0. The molecule has 1 aliphatic heterocycles. The third-order valence-electron chi connectivity index (χ3n) is 4.27. The van der Waals surface area contributed by atoms with Crippen molar-refractivity contribution in [1.29, 1.82) is 0 Å². The van der Waals surface area contributed by atoms with Crippen molar-refractivity contribution < 1.29 is 4.79 Å². The summed E-state index contributed by atoms with van der Waals surface area (Å²) in [4.78, 5) is 16.4. The summed E-state index contributed by atoms with van der Waals surface area (Å²) in [6.45, 7) is 8.36. The molecular formula is C17H24N6O. The van der Waals surface area contributed by atoms with Gasteiger partial charge in [0.25, 0.3) is 0 Å². The molecule has 2 heterocycles. The van der Waals surface area contributed by atoms with Gasteiger partial charge in [-0.3, -0.25) is 4.79 Å². The Morgan fingerprint density at radius 2 is 2.04 bits per heavy atom. The highest BCUT2D eigenvalue weighted by molar-refractivity contribution is 5.80. The fourth-order valence-corrected chi connectivity index (χ4v) is 3.02. The number of benzene rings is 1. The molecule has 7 heteroatoms. The van der Waals surface area contributed by atoms with Gasteiger partial charge in [-0.15, -0.1) is 10.2 Å². The number of aromatic nitrogens is 4. The normalized spacial score (nSPS) is 19.5. The van der Waals surface area contributed by atoms with E-state index < -0.39 is 6.04 Å². The van der Waals surface area contributed by atoms with E-state index >= 15 is 0 Å². The number of tetrazole rings is 1. The minimum absolute atomic E-state index is 0.0651. The first-order valence-corrected chi connectivity index (χ1v) is 8.43. The van der Waals surface area contributed by atoms with Gasteiger partial charge in [-0.2, -0.15) is 4.80 Å². The largest absolute Gasteiger partial charge is 0.338 e. The molecule has 1 N–H and O–H groups in total. The smallest absolute Gasteiger partial charge is 0.249 e. The molecule has 2 unspecified atom stereocenters. The van der Waals surface area contributed by atoms with Crippen LogP contribution in [0.1, 0.15) is 26.8 Å². The van der Waals surface area contributed by atoms with Crippen LogP contribution in [0.3, 0.4) is 0 Å². The Morgan fingerprint density at radius 3 is 2.71 bits per heavy atom. The van der Waals surface area contributed by atoms with Crippen LogP contribution in [-0.4, -0.2) is 56.7 Å². The van der Waals surface area contributed by atoms with Crippen LogP contribution in [0, 0.1) is 5.92 Å². The van der Waals surface area contributed by atoms with Crippen molar-refractivity contribution in [3.8, 4) is 11.4 Å². The van der Waals surface area contributed by atoms with Crippen molar-refractivity contribution in [3.05, 3.63) is 30.3 Å². The summed E-state index contributed by atoms with van der Waals surface area (Å²) in [6.07, 6.45) is 0. The molecule has 1 saturated heterocycles. The van der Waals surface area contributed by atoms with Crippen molar-refractivity contribution in [2.45, 2.75) is 32.9 Å². The lowest BCUT2D eigenvalue weighted by Gasteiger charge is -2.34. The monoisotopic (exact) mass is 328 g/mol. The highest BCUT2D eigenvalue weighted by atomic mass is 16.2. The Kier molecular flexibility index (Phi) is 4.89. The number of piperazine rings is 1. The number of carbonyl (C=O) groups excluding carboxylic acids is 1. The van der Waals surface area contributed by atoms with Gasteiger partial charge < -0.3 is 10.2 Å². The first-order chi connectivity index (χ1) is 11.6. The van der Waals surface area contributed by atoms with Crippen molar-refractivity contribution in [2.75, 3.05) is 19.6 Å². The van der Waals surface area contributed by atoms with E-state index in [1.165, 1.54) is 4.80 Å². The van der Waals surface area contributed by atoms with Crippen LogP contribution in [0.2, 0.25) is 0 Å². The second-order valence-corrected chi connectivity index (χ2v) is 6.63. The van der Waals surface area contributed by atoms with Gasteiger partial charge in [0.05, 0.1) is 0 Å². The van der Waals surface area contributed by atoms with Crippen LogP contribution in [-0.2, 0) is 4.79 Å². The van der Waals surface area contributed by atoms with E-state index in [9.17, 15) is 4.79 Å². The number of nitrogens with one attached hydrogen (secondary N) is 1. The average molecular weight is 328 g/mol. The third kappa shape index (κ3) is 3.46. The summed E-state index contributed by atoms with van der Waals surface area (Å²) in [6, 6.07) is 9.56. The molecule has 0 spiro atoms. The number of rotatable bonds is 4. The van der Waals surface area contributed by atoms with E-state index in [2.05, 4.69) is 27.7 Å². The van der Waals surface area contributed by atoms with Crippen molar-refractivity contribution >= 4 is 5.91 Å². The average Bonchev–Trinajstić information content (AvgIpc) is 3.05. The summed E-state index contributed by atoms with van der Waals surface area (Å²) in [5.74, 6) is 0.693. The fourth-order valence-electron chi connectivity index (χ4n) is 3.02. The van der Waals surface area contributed by atoms with Gasteiger partial charge in [0, 0.05) is 31.2 Å². The minimum atomic E-state index is -0.430. The van der Waals surface area contributed by atoms with Gasteiger partial charge in [0.15, 0.2) is 6.04 Å². The molecule has 1 fully saturated rings. The number of amides is 1. The highest BCUT2D eigenvalue weighted by Crippen LogP contribution is 2.21. The van der Waals surface area contributed by atoms with Gasteiger partial charge in [0.2, 0.25) is 11.7 Å². The van der Waals surface area contributed by atoms with Crippen LogP contribution < -0.4 is 5.32 Å². The maximum Gasteiger partial charge on any atom is 0.249 e. The van der Waals surface area contributed by atoms with Crippen molar-refractivity contribution in [3.63, 3.8) is 0 Å². The summed E-state index contributed by atoms with van der Waals surface area (Å²) in [5.41, 5.74) is 0.898. The molecule has 1 aromatic heterocycles. The highest BCUT2D eigenvalue weighted by Gasteiger charge is 2.32. The first-order valence-electron chi connectivity index (χ1n) is 8.43. The summed E-state index contributed by atoms with van der Waals surface area (Å²) < 4.78 is 0. The van der Waals surface area contributed by atoms with Gasteiger partial charge >= 0.3 is 0 Å². The summed E-state index contributed by atoms with van der Waals surface area (Å²) in [5, 5.41) is 16.1. The molecule has 3 rings (SSSR count). The molecule has 1 aromatic carbocycles. The molecule has 128 valence electrons. The quantitative estimate of drug-likeness (QED) is 0.917. The van der Waals surface area contributed by atoms with E-state index in [1.807, 2.05) is 49.1 Å². The summed E-state index contributed by atoms with van der Waals surface area (Å²) in [7, 11) is 0. The van der Waals surface area contributed by atoms with Crippen LogP contribution >= 0.6 is 0 Å². The molecule has 1 amide bonds. The van der Waals surface area contributed by atoms with Crippen molar-refractivity contribution in [2.24, 2.45) is 5.92 Å². The van der Waals surface area contributed by atoms with Gasteiger partial charge in [0.1, 0.15) is 0 Å². The molecule has 2 atom stereocenters. The van der Waals surface area contributed by atoms with Gasteiger partial charge in [-0.25, -0.2) is 0 Å². The SMILES string of the molecule is CC1CN(C(=O)C(C(C)C)n2nnc(-c3ccccc3)n2)CCN1. The van der Waals surface area contributed by atoms with Gasteiger partial charge in [-0.1, -0.05) is 44.2 Å². The zero-order chi connectivity index (χ0) is 17.1. The van der Waals surface area contributed by atoms with Crippen LogP contribution in [0.5, 0.6) is 0 Å². The predicted octanol–water partition coefficient (Wildman–Crippen LogP) is 1.36. The van der Waals surface area contributed by atoms with E-state index in [4.69, 9.17) is 0 Å².